The molecule has 1 unspecified atom stereocenters. The largest absolute Gasteiger partial charge is 0.493 e. The van der Waals surface area contributed by atoms with Gasteiger partial charge in [0.2, 0.25) is 5.91 Å². The van der Waals surface area contributed by atoms with Crippen molar-refractivity contribution in [3.8, 4) is 23.0 Å². The molecule has 1 fully saturated rings. The minimum atomic E-state index is -0.156. The maximum Gasteiger partial charge on any atom is 0.237 e. The molecular weight excluding hydrogens is 542 g/mol. The van der Waals surface area contributed by atoms with Gasteiger partial charge in [-0.25, -0.2) is 0 Å². The second-order valence-corrected chi connectivity index (χ2v) is 10.8. The Labute approximate surface area is 247 Å². The van der Waals surface area contributed by atoms with E-state index >= 15 is 0 Å². The zero-order chi connectivity index (χ0) is 28.9. The fourth-order valence-corrected chi connectivity index (χ4v) is 6.08. The highest BCUT2D eigenvalue weighted by Gasteiger charge is 2.33. The monoisotopic (exact) mass is 579 g/mol. The molecule has 3 aromatic carbocycles. The summed E-state index contributed by atoms with van der Waals surface area (Å²) in [5.74, 6) is 2.84. The van der Waals surface area contributed by atoms with Gasteiger partial charge in [0.05, 0.1) is 41.0 Å². The van der Waals surface area contributed by atoms with Crippen LogP contribution in [0.1, 0.15) is 22.7 Å². The van der Waals surface area contributed by atoms with Crippen molar-refractivity contribution in [2.24, 2.45) is 0 Å². The second-order valence-electron chi connectivity index (χ2n) is 10.4. The van der Waals surface area contributed by atoms with Gasteiger partial charge in [-0.05, 0) is 72.0 Å². The Bertz CT molecular complexity index is 1380. The summed E-state index contributed by atoms with van der Waals surface area (Å²) in [4.78, 5) is 20.5. The highest BCUT2D eigenvalue weighted by molar-refractivity contribution is 6.30. The molecule has 3 aromatic rings. The van der Waals surface area contributed by atoms with Crippen molar-refractivity contribution in [2.45, 2.75) is 18.9 Å². The summed E-state index contributed by atoms with van der Waals surface area (Å²) < 4.78 is 22.2. The third-order valence-corrected chi connectivity index (χ3v) is 8.34. The van der Waals surface area contributed by atoms with Crippen LogP contribution >= 0.6 is 11.6 Å². The van der Waals surface area contributed by atoms with E-state index in [9.17, 15) is 4.79 Å². The zero-order valence-corrected chi connectivity index (χ0v) is 24.9. The molecule has 9 heteroatoms. The Morgan fingerprint density at radius 1 is 0.805 bits per heavy atom. The van der Waals surface area contributed by atoms with Crippen LogP contribution in [0, 0.1) is 0 Å². The Morgan fingerprint density at radius 3 is 2.17 bits per heavy atom. The van der Waals surface area contributed by atoms with E-state index in [4.69, 9.17) is 30.5 Å². The highest BCUT2D eigenvalue weighted by atomic mass is 35.5. The molecule has 0 aliphatic carbocycles. The highest BCUT2D eigenvalue weighted by Crippen LogP contribution is 2.40. The first-order valence-electron chi connectivity index (χ1n) is 13.9. The van der Waals surface area contributed by atoms with Crippen LogP contribution in [-0.2, 0) is 17.6 Å². The van der Waals surface area contributed by atoms with Crippen LogP contribution in [0.3, 0.4) is 0 Å². The summed E-state index contributed by atoms with van der Waals surface area (Å²) >= 11 is 6.21. The van der Waals surface area contributed by atoms with Crippen LogP contribution in [0.5, 0.6) is 23.0 Å². The van der Waals surface area contributed by atoms with Gasteiger partial charge >= 0.3 is 0 Å². The van der Waals surface area contributed by atoms with Crippen molar-refractivity contribution in [3.63, 3.8) is 0 Å². The smallest absolute Gasteiger partial charge is 0.237 e. The van der Waals surface area contributed by atoms with Crippen LogP contribution in [-0.4, -0.2) is 83.4 Å². The van der Waals surface area contributed by atoms with Crippen LogP contribution < -0.4 is 23.8 Å². The van der Waals surface area contributed by atoms with E-state index in [1.165, 1.54) is 5.56 Å². The van der Waals surface area contributed by atoms with Crippen molar-refractivity contribution < 1.29 is 23.7 Å². The van der Waals surface area contributed by atoms with Gasteiger partial charge < -0.3 is 28.7 Å². The standard InChI is InChI=1S/C32H38ClN3O5/c1-38-28-9-8-22(17-29(28)39-2)16-27-26-20-31(41-4)30(40-3)18-23(26)10-11-36(27)32(37)21-34-12-14-35(15-13-34)25-7-5-6-24(33)19-25/h5-9,17-20,27H,10-16,21H2,1-4H3. The van der Waals surface area contributed by atoms with E-state index in [2.05, 4.69) is 15.9 Å². The number of carbonyl (C=O) groups is 1. The molecule has 1 amide bonds. The lowest BCUT2D eigenvalue weighted by molar-refractivity contribution is -0.135. The van der Waals surface area contributed by atoms with Crippen molar-refractivity contribution in [1.82, 2.24) is 9.80 Å². The molecule has 2 aliphatic rings. The van der Waals surface area contributed by atoms with Gasteiger partial charge in [-0.15, -0.1) is 0 Å². The molecule has 1 saturated heterocycles. The number of anilines is 1. The predicted octanol–water partition coefficient (Wildman–Crippen LogP) is 4.87. The van der Waals surface area contributed by atoms with Crippen LogP contribution in [0.15, 0.2) is 54.6 Å². The van der Waals surface area contributed by atoms with E-state index in [-0.39, 0.29) is 11.9 Å². The van der Waals surface area contributed by atoms with E-state index in [1.807, 2.05) is 53.4 Å². The summed E-state index contributed by atoms with van der Waals surface area (Å²) in [5.41, 5.74) is 4.44. The van der Waals surface area contributed by atoms with Gasteiger partial charge in [0, 0.05) is 43.4 Å². The number of rotatable bonds is 9. The van der Waals surface area contributed by atoms with Gasteiger partial charge in [-0.3, -0.25) is 9.69 Å². The molecule has 0 bridgehead atoms. The van der Waals surface area contributed by atoms with Gasteiger partial charge in [0.1, 0.15) is 0 Å². The molecule has 218 valence electrons. The average Bonchev–Trinajstić information content (AvgIpc) is 3.00. The molecule has 1 atom stereocenters. The number of halogens is 1. The number of ether oxygens (including phenoxy) is 4. The summed E-state index contributed by atoms with van der Waals surface area (Å²) in [5, 5.41) is 0.736. The second kappa shape index (κ2) is 12.9. The number of piperazine rings is 1. The molecule has 8 nitrogen and oxygen atoms in total. The van der Waals surface area contributed by atoms with Crippen molar-refractivity contribution >= 4 is 23.2 Å². The van der Waals surface area contributed by atoms with Gasteiger partial charge in [0.25, 0.3) is 0 Å². The first-order valence-corrected chi connectivity index (χ1v) is 14.3. The number of hydrogen-bond donors (Lipinski definition) is 0. The minimum absolute atomic E-state index is 0.132. The normalized spacial score (nSPS) is 17.1. The lowest BCUT2D eigenvalue weighted by atomic mass is 9.88. The fourth-order valence-electron chi connectivity index (χ4n) is 5.90. The van der Waals surface area contributed by atoms with E-state index in [0.29, 0.717) is 42.5 Å². The molecule has 41 heavy (non-hydrogen) atoms. The lowest BCUT2D eigenvalue weighted by Crippen LogP contribution is -2.51. The van der Waals surface area contributed by atoms with E-state index in [0.717, 1.165) is 54.4 Å². The van der Waals surface area contributed by atoms with E-state index in [1.54, 1.807) is 28.4 Å². The van der Waals surface area contributed by atoms with E-state index < -0.39 is 0 Å². The molecule has 0 saturated carbocycles. The molecule has 0 N–H and O–H groups in total. The summed E-state index contributed by atoms with van der Waals surface area (Å²) in [6.45, 7) is 4.35. The quantitative estimate of drug-likeness (QED) is 0.358. The molecule has 2 aliphatic heterocycles. The molecule has 0 radical (unpaired) electrons. The maximum atomic E-state index is 13.9. The molecule has 0 aromatic heterocycles. The van der Waals surface area contributed by atoms with Gasteiger partial charge in [0.15, 0.2) is 23.0 Å². The maximum absolute atomic E-state index is 13.9. The number of hydrogen-bond acceptors (Lipinski definition) is 7. The fraction of sp³-hybridized carbons (Fsp3) is 0.406. The third kappa shape index (κ3) is 6.34. The summed E-state index contributed by atoms with van der Waals surface area (Å²) in [7, 11) is 6.55. The Hall–Kier alpha value is -3.62. The van der Waals surface area contributed by atoms with Crippen molar-refractivity contribution in [1.29, 1.82) is 0 Å². The zero-order valence-electron chi connectivity index (χ0n) is 24.2. The van der Waals surface area contributed by atoms with Crippen LogP contribution in [0.2, 0.25) is 5.02 Å². The molecular formula is C32H38ClN3O5. The third-order valence-electron chi connectivity index (χ3n) is 8.10. The lowest BCUT2D eigenvalue weighted by Gasteiger charge is -2.40. The first kappa shape index (κ1) is 28.9. The predicted molar refractivity (Wildman–Crippen MR) is 161 cm³/mol. The van der Waals surface area contributed by atoms with Crippen molar-refractivity contribution in [3.05, 3.63) is 76.3 Å². The number of nitrogens with zero attached hydrogens (tertiary/aromatic N) is 3. The first-order chi connectivity index (χ1) is 19.9. The number of benzene rings is 3. The minimum Gasteiger partial charge on any atom is -0.493 e. The Morgan fingerprint density at radius 2 is 1.49 bits per heavy atom. The average molecular weight is 580 g/mol. The number of methoxy groups -OCH3 is 4. The topological polar surface area (TPSA) is 63.7 Å². The number of fused-ring (bicyclic) bond motifs is 1. The number of carbonyl (C=O) groups excluding carboxylic acids is 1. The SMILES string of the molecule is COc1ccc(CC2c3cc(OC)c(OC)cc3CCN2C(=O)CN2CCN(c3cccc(Cl)c3)CC2)cc1OC. The summed E-state index contributed by atoms with van der Waals surface area (Å²) in [6, 6.07) is 17.8. The number of amides is 1. The van der Waals surface area contributed by atoms with Gasteiger partial charge in [-0.1, -0.05) is 23.7 Å². The molecule has 2 heterocycles. The van der Waals surface area contributed by atoms with Crippen LogP contribution in [0.25, 0.3) is 0 Å². The Balaban J connectivity index is 1.37. The Kier molecular flexibility index (Phi) is 9.10. The van der Waals surface area contributed by atoms with Crippen molar-refractivity contribution in [2.75, 3.05) is 72.6 Å². The van der Waals surface area contributed by atoms with Gasteiger partial charge in [-0.2, -0.15) is 0 Å². The van der Waals surface area contributed by atoms with Crippen LogP contribution in [0.4, 0.5) is 5.69 Å². The summed E-state index contributed by atoms with van der Waals surface area (Å²) in [6.07, 6.45) is 1.39. The molecule has 5 rings (SSSR count). The molecule has 0 spiro atoms.